The number of nitrogens with one attached hydrogen (secondary N) is 2. The predicted molar refractivity (Wildman–Crippen MR) is 87.5 cm³/mol. The molecule has 0 bridgehead atoms. The van der Waals surface area contributed by atoms with E-state index in [0.29, 0.717) is 29.9 Å². The van der Waals surface area contributed by atoms with Crippen LogP contribution in [-0.2, 0) is 6.42 Å². The number of hydrogen-bond donors (Lipinski definition) is 3. The molecule has 1 aliphatic heterocycles. The third-order valence-electron chi connectivity index (χ3n) is 4.26. The predicted octanol–water partition coefficient (Wildman–Crippen LogP) is 2.56. The van der Waals surface area contributed by atoms with E-state index >= 15 is 0 Å². The number of aromatic nitrogens is 3. The SMILES string of the molecule is Nc1c(F)c(F)c(-c2nccc(-c3cc4c([nH]3)CCNC4=O)n2)c(F)c1F. The molecule has 4 N–H and O–H groups in total. The van der Waals surface area contributed by atoms with E-state index in [4.69, 9.17) is 5.73 Å². The summed E-state index contributed by atoms with van der Waals surface area (Å²) < 4.78 is 55.8. The number of nitrogens with two attached hydrogens (primary N) is 1. The Kier molecular flexibility index (Phi) is 3.83. The second-order valence-electron chi connectivity index (χ2n) is 5.89. The molecule has 2 aromatic heterocycles. The zero-order valence-electron chi connectivity index (χ0n) is 13.5. The third kappa shape index (κ3) is 2.60. The van der Waals surface area contributed by atoms with Gasteiger partial charge in [0.25, 0.3) is 5.91 Å². The summed E-state index contributed by atoms with van der Waals surface area (Å²) in [6, 6.07) is 2.96. The normalized spacial score (nSPS) is 13.4. The molecule has 138 valence electrons. The number of nitrogens with zero attached hydrogens (tertiary/aromatic N) is 2. The lowest BCUT2D eigenvalue weighted by molar-refractivity contribution is 0.0946. The van der Waals surface area contributed by atoms with Crippen molar-refractivity contribution in [2.45, 2.75) is 6.42 Å². The quantitative estimate of drug-likeness (QED) is 0.363. The van der Waals surface area contributed by atoms with Gasteiger partial charge in [-0.05, 0) is 12.1 Å². The highest BCUT2D eigenvalue weighted by molar-refractivity contribution is 5.97. The Hall–Kier alpha value is -3.43. The Balaban J connectivity index is 1.85. The van der Waals surface area contributed by atoms with E-state index in [1.807, 2.05) is 0 Å². The summed E-state index contributed by atoms with van der Waals surface area (Å²) in [7, 11) is 0. The van der Waals surface area contributed by atoms with Gasteiger partial charge < -0.3 is 16.0 Å². The molecule has 1 aromatic carbocycles. The van der Waals surface area contributed by atoms with Crippen LogP contribution in [0.3, 0.4) is 0 Å². The molecule has 0 saturated heterocycles. The van der Waals surface area contributed by atoms with Gasteiger partial charge in [-0.2, -0.15) is 0 Å². The van der Waals surface area contributed by atoms with Crippen molar-refractivity contribution in [2.75, 3.05) is 12.3 Å². The molecule has 0 aliphatic carbocycles. The van der Waals surface area contributed by atoms with Crippen LogP contribution in [0.25, 0.3) is 22.8 Å². The number of fused-ring (bicyclic) bond motifs is 1. The lowest BCUT2D eigenvalue weighted by Gasteiger charge is -2.11. The van der Waals surface area contributed by atoms with Crippen LogP contribution in [0.2, 0.25) is 0 Å². The highest BCUT2D eigenvalue weighted by Gasteiger charge is 2.27. The topological polar surface area (TPSA) is 96.7 Å². The van der Waals surface area contributed by atoms with Crippen molar-refractivity contribution < 1.29 is 22.4 Å². The molecule has 27 heavy (non-hydrogen) atoms. The minimum Gasteiger partial charge on any atom is -0.394 e. The number of carbonyl (C=O) groups excluding carboxylic acids is 1. The molecule has 0 atom stereocenters. The lowest BCUT2D eigenvalue weighted by atomic mass is 10.1. The Morgan fingerprint density at radius 1 is 1.07 bits per heavy atom. The zero-order chi connectivity index (χ0) is 19.3. The first-order valence-electron chi connectivity index (χ1n) is 7.83. The molecule has 3 aromatic rings. The van der Waals surface area contributed by atoms with Crippen molar-refractivity contribution >= 4 is 11.6 Å². The summed E-state index contributed by atoms with van der Waals surface area (Å²) in [6.45, 7) is 0.473. The molecule has 6 nitrogen and oxygen atoms in total. The summed E-state index contributed by atoms with van der Waals surface area (Å²) in [5.41, 5.74) is 4.40. The fourth-order valence-corrected chi connectivity index (χ4v) is 2.91. The van der Waals surface area contributed by atoms with Crippen molar-refractivity contribution in [3.63, 3.8) is 0 Å². The minimum atomic E-state index is -1.72. The molecule has 0 radical (unpaired) electrons. The highest BCUT2D eigenvalue weighted by atomic mass is 19.2. The van der Waals surface area contributed by atoms with E-state index in [-0.39, 0.29) is 11.6 Å². The summed E-state index contributed by atoms with van der Waals surface area (Å²) >= 11 is 0. The monoisotopic (exact) mass is 377 g/mol. The number of anilines is 1. The molecule has 4 rings (SSSR count). The van der Waals surface area contributed by atoms with Crippen molar-refractivity contribution in [3.05, 3.63) is 52.9 Å². The van der Waals surface area contributed by atoms with Gasteiger partial charge in [-0.25, -0.2) is 27.5 Å². The number of nitrogen functional groups attached to an aromatic ring is 1. The number of carbonyl (C=O) groups is 1. The van der Waals surface area contributed by atoms with Gasteiger partial charge in [-0.3, -0.25) is 4.79 Å². The van der Waals surface area contributed by atoms with Gasteiger partial charge in [-0.15, -0.1) is 0 Å². The summed E-state index contributed by atoms with van der Waals surface area (Å²) in [5.74, 6) is -7.62. The van der Waals surface area contributed by atoms with E-state index in [1.165, 1.54) is 18.3 Å². The lowest BCUT2D eigenvalue weighted by Crippen LogP contribution is -2.31. The molecule has 0 spiro atoms. The average molecular weight is 377 g/mol. The molecule has 0 saturated carbocycles. The van der Waals surface area contributed by atoms with Crippen LogP contribution in [0.5, 0.6) is 0 Å². The van der Waals surface area contributed by atoms with Crippen LogP contribution in [0.1, 0.15) is 16.1 Å². The molecule has 0 fully saturated rings. The third-order valence-corrected chi connectivity index (χ3v) is 4.26. The number of benzene rings is 1. The van der Waals surface area contributed by atoms with Crippen LogP contribution in [-0.4, -0.2) is 27.4 Å². The van der Waals surface area contributed by atoms with Gasteiger partial charge in [0.05, 0.1) is 22.5 Å². The van der Waals surface area contributed by atoms with Gasteiger partial charge in [-0.1, -0.05) is 0 Å². The summed E-state index contributed by atoms with van der Waals surface area (Å²) in [6.07, 6.45) is 1.76. The fraction of sp³-hybridized carbons (Fsp3) is 0.118. The average Bonchev–Trinajstić information content (AvgIpc) is 3.11. The van der Waals surface area contributed by atoms with E-state index < -0.39 is 40.3 Å². The van der Waals surface area contributed by atoms with Crippen LogP contribution in [0.15, 0.2) is 18.3 Å². The van der Waals surface area contributed by atoms with Crippen molar-refractivity contribution in [1.29, 1.82) is 0 Å². The van der Waals surface area contributed by atoms with Gasteiger partial charge >= 0.3 is 0 Å². The van der Waals surface area contributed by atoms with Crippen molar-refractivity contribution in [3.8, 4) is 22.8 Å². The highest BCUT2D eigenvalue weighted by Crippen LogP contribution is 2.32. The first-order valence-corrected chi connectivity index (χ1v) is 7.83. The molecule has 1 amide bonds. The van der Waals surface area contributed by atoms with Gasteiger partial charge in [0.1, 0.15) is 5.69 Å². The van der Waals surface area contributed by atoms with Gasteiger partial charge in [0.15, 0.2) is 29.1 Å². The Morgan fingerprint density at radius 2 is 1.78 bits per heavy atom. The summed E-state index contributed by atoms with van der Waals surface area (Å²) in [5, 5.41) is 2.69. The van der Waals surface area contributed by atoms with Crippen molar-refractivity contribution in [1.82, 2.24) is 20.3 Å². The molecule has 1 aliphatic rings. The Morgan fingerprint density at radius 3 is 2.44 bits per heavy atom. The molecule has 3 heterocycles. The maximum absolute atomic E-state index is 14.2. The second kappa shape index (κ2) is 6.08. The fourth-order valence-electron chi connectivity index (χ4n) is 2.91. The van der Waals surface area contributed by atoms with Crippen molar-refractivity contribution in [2.24, 2.45) is 0 Å². The molecular formula is C17H11F4N5O. The van der Waals surface area contributed by atoms with Gasteiger partial charge in [0.2, 0.25) is 0 Å². The Bertz CT molecular complexity index is 1070. The first kappa shape index (κ1) is 17.0. The molecular weight excluding hydrogens is 366 g/mol. The van der Waals surface area contributed by atoms with E-state index in [0.717, 1.165) is 0 Å². The van der Waals surface area contributed by atoms with Crippen LogP contribution in [0, 0.1) is 23.3 Å². The smallest absolute Gasteiger partial charge is 0.253 e. The molecule has 10 heteroatoms. The number of hydrogen-bond acceptors (Lipinski definition) is 4. The van der Waals surface area contributed by atoms with Crippen LogP contribution >= 0.6 is 0 Å². The van der Waals surface area contributed by atoms with Crippen LogP contribution in [0.4, 0.5) is 23.2 Å². The summed E-state index contributed by atoms with van der Waals surface area (Å²) in [4.78, 5) is 22.6. The minimum absolute atomic E-state index is 0.193. The number of H-pyrrole nitrogens is 1. The van der Waals surface area contributed by atoms with Crippen LogP contribution < -0.4 is 11.1 Å². The maximum Gasteiger partial charge on any atom is 0.253 e. The standard InChI is InChI=1S/C17H11F4N5O/c18-11-10(12(19)14(21)15(22)13(11)20)16-23-3-2-8(26-16)9-5-6-7(25-9)1-4-24-17(6)27/h2-3,5,25H,1,4,22H2,(H,24,27). The molecule has 0 unspecified atom stereocenters. The number of halogens is 4. The van der Waals surface area contributed by atoms with E-state index in [9.17, 15) is 22.4 Å². The first-order chi connectivity index (χ1) is 12.9. The number of rotatable bonds is 2. The van der Waals surface area contributed by atoms with E-state index in [1.54, 1.807) is 0 Å². The second-order valence-corrected chi connectivity index (χ2v) is 5.89. The van der Waals surface area contributed by atoms with E-state index in [2.05, 4.69) is 20.3 Å². The number of aromatic amines is 1. The maximum atomic E-state index is 14.2. The van der Waals surface area contributed by atoms with Gasteiger partial charge in [0, 0.05) is 24.9 Å². The Labute approximate surface area is 149 Å². The largest absolute Gasteiger partial charge is 0.394 e. The zero-order valence-corrected chi connectivity index (χ0v) is 13.5. The number of amides is 1.